The van der Waals surface area contributed by atoms with Crippen molar-refractivity contribution in [2.75, 3.05) is 39.8 Å². The lowest BCUT2D eigenvalue weighted by Crippen LogP contribution is -2.51. The highest BCUT2D eigenvalue weighted by molar-refractivity contribution is 5.79. The topological polar surface area (TPSA) is 39.7 Å². The number of nitrogens with zero attached hydrogens (tertiary/aromatic N) is 4. The van der Waals surface area contributed by atoms with E-state index in [1.165, 1.54) is 63.5 Å². The number of likely N-dealkylation sites (tertiary alicyclic amines) is 2. The van der Waals surface area contributed by atoms with Crippen molar-refractivity contribution in [3.05, 3.63) is 30.1 Å². The van der Waals surface area contributed by atoms with Crippen LogP contribution in [0, 0.1) is 11.8 Å². The fourth-order valence-corrected chi connectivity index (χ4v) is 5.89. The van der Waals surface area contributed by atoms with Gasteiger partial charge in [0.15, 0.2) is 0 Å². The van der Waals surface area contributed by atoms with Gasteiger partial charge in [-0.05, 0) is 75.7 Å². The maximum Gasteiger partial charge on any atom is 0.226 e. The number of hydrogen-bond donors (Lipinski definition) is 0. The molecule has 30 heavy (non-hydrogen) atoms. The normalized spacial score (nSPS) is 25.3. The van der Waals surface area contributed by atoms with Crippen molar-refractivity contribution in [2.45, 2.75) is 70.4 Å². The van der Waals surface area contributed by atoms with Crippen LogP contribution in [0.15, 0.2) is 24.5 Å². The van der Waals surface area contributed by atoms with Gasteiger partial charge in [0.05, 0.1) is 5.92 Å². The van der Waals surface area contributed by atoms with Crippen molar-refractivity contribution in [3.8, 4) is 0 Å². The van der Waals surface area contributed by atoms with Crippen LogP contribution in [0.3, 0.4) is 0 Å². The van der Waals surface area contributed by atoms with Crippen molar-refractivity contribution >= 4 is 5.91 Å². The van der Waals surface area contributed by atoms with Crippen LogP contribution in [0.4, 0.5) is 0 Å². The minimum absolute atomic E-state index is 0.209. The number of piperidine rings is 2. The van der Waals surface area contributed by atoms with Gasteiger partial charge in [-0.2, -0.15) is 0 Å². The minimum atomic E-state index is 0.209. The summed E-state index contributed by atoms with van der Waals surface area (Å²) in [7, 11) is 2.05. The Morgan fingerprint density at radius 2 is 1.87 bits per heavy atom. The first-order chi connectivity index (χ1) is 14.7. The zero-order chi connectivity index (χ0) is 20.8. The standard InChI is InChI=1S/C25H40N4O/c1-27(18-21-7-3-2-4-8-21)25(30)23-10-6-14-29(20-23)24-11-15-28(16-12-24)19-22-9-5-13-26-17-22/h5,9,13,17,21,23-24H,2-4,6-8,10-12,14-16,18-20H2,1H3/t23-/m1/s1. The average molecular weight is 413 g/mol. The van der Waals surface area contributed by atoms with E-state index in [-0.39, 0.29) is 5.92 Å². The summed E-state index contributed by atoms with van der Waals surface area (Å²) >= 11 is 0. The second kappa shape index (κ2) is 10.7. The first kappa shape index (κ1) is 21.8. The fraction of sp³-hybridized carbons (Fsp3) is 0.760. The Kier molecular flexibility index (Phi) is 7.78. The second-order valence-electron chi connectivity index (χ2n) is 9.93. The number of carbonyl (C=O) groups excluding carboxylic acids is 1. The van der Waals surface area contributed by atoms with E-state index in [0.717, 1.165) is 45.1 Å². The molecule has 0 aromatic carbocycles. The van der Waals surface area contributed by atoms with E-state index < -0.39 is 0 Å². The van der Waals surface area contributed by atoms with Gasteiger partial charge in [0, 0.05) is 45.1 Å². The molecule has 5 nitrogen and oxygen atoms in total. The van der Waals surface area contributed by atoms with E-state index in [2.05, 4.69) is 25.8 Å². The molecule has 3 fully saturated rings. The molecule has 166 valence electrons. The third-order valence-electron chi connectivity index (χ3n) is 7.64. The van der Waals surface area contributed by atoms with Gasteiger partial charge >= 0.3 is 0 Å². The van der Waals surface area contributed by atoms with Crippen molar-refractivity contribution in [1.82, 2.24) is 19.7 Å². The molecular weight excluding hydrogens is 372 g/mol. The van der Waals surface area contributed by atoms with Crippen LogP contribution in [-0.4, -0.2) is 71.4 Å². The number of hydrogen-bond acceptors (Lipinski definition) is 4. The van der Waals surface area contributed by atoms with Gasteiger partial charge in [-0.3, -0.25) is 19.6 Å². The highest BCUT2D eigenvalue weighted by Crippen LogP contribution is 2.27. The molecular formula is C25H40N4O. The van der Waals surface area contributed by atoms with Crippen LogP contribution in [0.5, 0.6) is 0 Å². The first-order valence-corrected chi connectivity index (χ1v) is 12.3. The summed E-state index contributed by atoms with van der Waals surface area (Å²) in [4.78, 5) is 24.6. The lowest BCUT2D eigenvalue weighted by molar-refractivity contribution is -0.137. The van der Waals surface area contributed by atoms with Gasteiger partial charge in [-0.25, -0.2) is 0 Å². The maximum atomic E-state index is 13.1. The van der Waals surface area contributed by atoms with Crippen LogP contribution in [0.25, 0.3) is 0 Å². The summed E-state index contributed by atoms with van der Waals surface area (Å²) in [5.74, 6) is 1.34. The van der Waals surface area contributed by atoms with Crippen molar-refractivity contribution in [2.24, 2.45) is 11.8 Å². The van der Waals surface area contributed by atoms with Gasteiger partial charge in [0.2, 0.25) is 5.91 Å². The first-order valence-electron chi connectivity index (χ1n) is 12.3. The number of rotatable bonds is 6. The van der Waals surface area contributed by atoms with E-state index in [9.17, 15) is 4.79 Å². The zero-order valence-electron chi connectivity index (χ0n) is 18.8. The van der Waals surface area contributed by atoms with Gasteiger partial charge in [-0.15, -0.1) is 0 Å². The largest absolute Gasteiger partial charge is 0.345 e. The average Bonchev–Trinajstić information content (AvgIpc) is 2.80. The number of aromatic nitrogens is 1. The highest BCUT2D eigenvalue weighted by atomic mass is 16.2. The van der Waals surface area contributed by atoms with Gasteiger partial charge in [0.1, 0.15) is 0 Å². The molecule has 2 saturated heterocycles. The molecule has 1 aromatic heterocycles. The highest BCUT2D eigenvalue weighted by Gasteiger charge is 2.33. The Morgan fingerprint density at radius 1 is 1.07 bits per heavy atom. The molecule has 1 saturated carbocycles. The Bertz CT molecular complexity index is 652. The molecule has 1 aliphatic carbocycles. The molecule has 2 aliphatic heterocycles. The van der Waals surface area contributed by atoms with E-state index in [1.807, 2.05) is 25.5 Å². The van der Waals surface area contributed by atoms with E-state index >= 15 is 0 Å². The summed E-state index contributed by atoms with van der Waals surface area (Å²) in [6.45, 7) is 6.42. The number of carbonyl (C=O) groups is 1. The molecule has 1 atom stereocenters. The summed E-state index contributed by atoms with van der Waals surface area (Å²) in [5.41, 5.74) is 1.31. The van der Waals surface area contributed by atoms with Gasteiger partial charge in [0.25, 0.3) is 0 Å². The van der Waals surface area contributed by atoms with Crippen LogP contribution in [0.1, 0.15) is 63.4 Å². The quantitative estimate of drug-likeness (QED) is 0.713. The molecule has 0 radical (unpaired) electrons. The lowest BCUT2D eigenvalue weighted by atomic mass is 9.88. The summed E-state index contributed by atoms with van der Waals surface area (Å²) < 4.78 is 0. The summed E-state index contributed by atoms with van der Waals surface area (Å²) in [6.07, 6.45) is 15.2. The zero-order valence-corrected chi connectivity index (χ0v) is 18.8. The van der Waals surface area contributed by atoms with Crippen molar-refractivity contribution < 1.29 is 4.79 Å². The summed E-state index contributed by atoms with van der Waals surface area (Å²) in [6, 6.07) is 4.84. The van der Waals surface area contributed by atoms with E-state index in [1.54, 1.807) is 0 Å². The second-order valence-corrected chi connectivity index (χ2v) is 9.93. The molecule has 0 spiro atoms. The Hall–Kier alpha value is -1.46. The predicted molar refractivity (Wildman–Crippen MR) is 121 cm³/mol. The van der Waals surface area contributed by atoms with Gasteiger partial charge < -0.3 is 4.90 Å². The van der Waals surface area contributed by atoms with Crippen LogP contribution in [-0.2, 0) is 11.3 Å². The van der Waals surface area contributed by atoms with E-state index in [4.69, 9.17) is 0 Å². The predicted octanol–water partition coefficient (Wildman–Crippen LogP) is 3.80. The molecule has 4 rings (SSSR count). The minimum Gasteiger partial charge on any atom is -0.345 e. The molecule has 3 aliphatic rings. The van der Waals surface area contributed by atoms with Gasteiger partial charge in [-0.1, -0.05) is 25.3 Å². The molecule has 1 amide bonds. The smallest absolute Gasteiger partial charge is 0.226 e. The molecule has 1 aromatic rings. The maximum absolute atomic E-state index is 13.1. The summed E-state index contributed by atoms with van der Waals surface area (Å²) in [5, 5.41) is 0. The molecule has 0 bridgehead atoms. The number of pyridine rings is 1. The van der Waals surface area contributed by atoms with E-state index in [0.29, 0.717) is 11.9 Å². The van der Waals surface area contributed by atoms with Crippen LogP contribution < -0.4 is 0 Å². The number of amides is 1. The SMILES string of the molecule is CN(CC1CCCCC1)C(=O)[C@@H]1CCCN(C2CCN(Cc3cccnc3)CC2)C1. The molecule has 5 heteroatoms. The monoisotopic (exact) mass is 412 g/mol. The third kappa shape index (κ3) is 5.82. The lowest BCUT2D eigenvalue weighted by Gasteiger charge is -2.42. The molecule has 0 N–H and O–H groups in total. The van der Waals surface area contributed by atoms with Crippen LogP contribution >= 0.6 is 0 Å². The van der Waals surface area contributed by atoms with Crippen molar-refractivity contribution in [1.29, 1.82) is 0 Å². The Balaban J connectivity index is 1.23. The molecule has 3 heterocycles. The van der Waals surface area contributed by atoms with Crippen LogP contribution in [0.2, 0.25) is 0 Å². The Labute approximate surface area is 182 Å². The third-order valence-corrected chi connectivity index (χ3v) is 7.64. The molecule has 0 unspecified atom stereocenters. The Morgan fingerprint density at radius 3 is 2.60 bits per heavy atom. The van der Waals surface area contributed by atoms with Crippen molar-refractivity contribution in [3.63, 3.8) is 0 Å². The fourth-order valence-electron chi connectivity index (χ4n) is 5.89.